The number of amides is 3. The van der Waals surface area contributed by atoms with Gasteiger partial charge in [-0.2, -0.15) is 0 Å². The molecule has 25 heavy (non-hydrogen) atoms. The minimum absolute atomic E-state index is 0.0105. The zero-order valence-electron chi connectivity index (χ0n) is 15.3. The molecule has 0 radical (unpaired) electrons. The summed E-state index contributed by atoms with van der Waals surface area (Å²) in [7, 11) is 0. The molecule has 4 rings (SSSR count). The summed E-state index contributed by atoms with van der Waals surface area (Å²) in [6, 6.07) is 0.159. The van der Waals surface area contributed by atoms with E-state index in [1.54, 1.807) is 0 Å². The molecule has 4 fully saturated rings. The van der Waals surface area contributed by atoms with Crippen molar-refractivity contribution >= 4 is 11.9 Å². The fourth-order valence-corrected chi connectivity index (χ4v) is 5.16. The van der Waals surface area contributed by atoms with Gasteiger partial charge in [0.1, 0.15) is 0 Å². The van der Waals surface area contributed by atoms with Crippen LogP contribution in [0.3, 0.4) is 0 Å². The number of urea groups is 1. The number of carbonyl (C=O) groups excluding carboxylic acids is 2. The fourth-order valence-electron chi connectivity index (χ4n) is 5.16. The topological polar surface area (TPSA) is 55.9 Å². The first-order chi connectivity index (χ1) is 12.2. The molecule has 1 N–H and O–H groups in total. The van der Waals surface area contributed by atoms with Crippen LogP contribution in [0.4, 0.5) is 4.79 Å². The SMILES string of the molecule is O=C(C1CCCN(C(=O)N2CCCC2)C1)N1CC[C@@H]2CNC[C@@H]2CC1. The van der Waals surface area contributed by atoms with Gasteiger partial charge < -0.3 is 20.0 Å². The van der Waals surface area contributed by atoms with Gasteiger partial charge >= 0.3 is 6.03 Å². The van der Waals surface area contributed by atoms with Gasteiger partial charge in [-0.15, -0.1) is 0 Å². The first kappa shape index (κ1) is 17.1. The Kier molecular flexibility index (Phi) is 5.15. The maximum Gasteiger partial charge on any atom is 0.320 e. The second-order valence-electron chi connectivity index (χ2n) is 8.34. The molecular formula is C19H32N4O2. The van der Waals surface area contributed by atoms with Crippen LogP contribution < -0.4 is 5.32 Å². The van der Waals surface area contributed by atoms with Crippen LogP contribution in [0.5, 0.6) is 0 Å². The standard InChI is InChI=1S/C19H32N4O2/c24-18(21-10-5-15-12-20-13-16(15)6-11-21)17-4-3-9-23(14-17)19(25)22-7-1-2-8-22/h15-17,20H,1-14H2/t15-,16+,17?. The van der Waals surface area contributed by atoms with E-state index in [9.17, 15) is 9.59 Å². The molecule has 4 saturated heterocycles. The average molecular weight is 348 g/mol. The molecule has 4 aliphatic heterocycles. The van der Waals surface area contributed by atoms with Crippen molar-refractivity contribution in [2.75, 3.05) is 52.4 Å². The molecule has 0 aromatic heterocycles. The third-order valence-corrected chi connectivity index (χ3v) is 6.75. The number of nitrogens with zero attached hydrogens (tertiary/aromatic N) is 3. The van der Waals surface area contributed by atoms with E-state index in [0.29, 0.717) is 12.5 Å². The summed E-state index contributed by atoms with van der Waals surface area (Å²) in [5.41, 5.74) is 0. The first-order valence-electron chi connectivity index (χ1n) is 10.3. The molecule has 0 bridgehead atoms. The summed E-state index contributed by atoms with van der Waals surface area (Å²) in [6.45, 7) is 7.25. The Morgan fingerprint density at radius 1 is 0.720 bits per heavy atom. The highest BCUT2D eigenvalue weighted by Gasteiger charge is 2.36. The van der Waals surface area contributed by atoms with Gasteiger partial charge in [-0.3, -0.25) is 4.79 Å². The van der Waals surface area contributed by atoms with Crippen LogP contribution in [0.15, 0.2) is 0 Å². The van der Waals surface area contributed by atoms with Gasteiger partial charge in [-0.25, -0.2) is 4.79 Å². The molecule has 3 amide bonds. The molecule has 4 heterocycles. The molecular weight excluding hydrogens is 316 g/mol. The summed E-state index contributed by atoms with van der Waals surface area (Å²) in [4.78, 5) is 31.7. The van der Waals surface area contributed by atoms with Gasteiger partial charge in [-0.1, -0.05) is 0 Å². The summed E-state index contributed by atoms with van der Waals surface area (Å²) in [6.07, 6.45) is 6.39. The zero-order valence-corrected chi connectivity index (χ0v) is 15.3. The lowest BCUT2D eigenvalue weighted by Gasteiger charge is -2.36. The van der Waals surface area contributed by atoms with Gasteiger partial charge in [-0.05, 0) is 63.5 Å². The van der Waals surface area contributed by atoms with E-state index in [1.807, 2.05) is 9.80 Å². The number of rotatable bonds is 1. The van der Waals surface area contributed by atoms with E-state index in [1.165, 1.54) is 0 Å². The van der Waals surface area contributed by atoms with Crippen LogP contribution in [0.2, 0.25) is 0 Å². The second kappa shape index (κ2) is 7.52. The van der Waals surface area contributed by atoms with Crippen molar-refractivity contribution in [3.63, 3.8) is 0 Å². The number of hydrogen-bond donors (Lipinski definition) is 1. The quantitative estimate of drug-likeness (QED) is 0.779. The normalized spacial score (nSPS) is 33.3. The van der Waals surface area contributed by atoms with Gasteiger partial charge in [0, 0.05) is 39.3 Å². The predicted octanol–water partition coefficient (Wildman–Crippen LogP) is 1.37. The monoisotopic (exact) mass is 348 g/mol. The van der Waals surface area contributed by atoms with Gasteiger partial charge in [0.2, 0.25) is 5.91 Å². The largest absolute Gasteiger partial charge is 0.342 e. The molecule has 0 saturated carbocycles. The molecule has 0 aromatic rings. The van der Waals surface area contributed by atoms with E-state index < -0.39 is 0 Å². The lowest BCUT2D eigenvalue weighted by Crippen LogP contribution is -2.50. The third kappa shape index (κ3) is 3.64. The van der Waals surface area contributed by atoms with E-state index in [-0.39, 0.29) is 11.9 Å². The lowest BCUT2D eigenvalue weighted by molar-refractivity contribution is -0.137. The molecule has 0 aromatic carbocycles. The number of carbonyl (C=O) groups is 2. The van der Waals surface area contributed by atoms with Crippen molar-refractivity contribution in [2.24, 2.45) is 17.8 Å². The van der Waals surface area contributed by atoms with E-state index in [4.69, 9.17) is 0 Å². The van der Waals surface area contributed by atoms with Crippen molar-refractivity contribution in [3.8, 4) is 0 Å². The summed E-state index contributed by atoms with van der Waals surface area (Å²) in [5, 5.41) is 3.49. The Morgan fingerprint density at radius 3 is 2.04 bits per heavy atom. The number of fused-ring (bicyclic) bond motifs is 1. The van der Waals surface area contributed by atoms with Gasteiger partial charge in [0.25, 0.3) is 0 Å². The number of likely N-dealkylation sites (tertiary alicyclic amines) is 3. The first-order valence-corrected chi connectivity index (χ1v) is 10.3. The Hall–Kier alpha value is -1.30. The zero-order chi connectivity index (χ0) is 17.2. The smallest absolute Gasteiger partial charge is 0.320 e. The number of piperidine rings is 1. The maximum atomic E-state index is 13.1. The molecule has 4 aliphatic rings. The van der Waals surface area contributed by atoms with Crippen molar-refractivity contribution < 1.29 is 9.59 Å². The minimum Gasteiger partial charge on any atom is -0.342 e. The van der Waals surface area contributed by atoms with Crippen molar-refractivity contribution in [2.45, 2.75) is 38.5 Å². The van der Waals surface area contributed by atoms with Gasteiger partial charge in [0.05, 0.1) is 5.92 Å². The van der Waals surface area contributed by atoms with Crippen molar-refractivity contribution in [3.05, 3.63) is 0 Å². The predicted molar refractivity (Wildman–Crippen MR) is 96.2 cm³/mol. The molecule has 6 nitrogen and oxygen atoms in total. The van der Waals surface area contributed by atoms with Crippen LogP contribution in [0.1, 0.15) is 38.5 Å². The van der Waals surface area contributed by atoms with Crippen LogP contribution in [-0.2, 0) is 4.79 Å². The Bertz CT molecular complexity index is 492. The van der Waals surface area contributed by atoms with E-state index >= 15 is 0 Å². The minimum atomic E-state index is 0.0105. The highest BCUT2D eigenvalue weighted by molar-refractivity contribution is 5.81. The molecule has 0 spiro atoms. The highest BCUT2D eigenvalue weighted by Crippen LogP contribution is 2.29. The highest BCUT2D eigenvalue weighted by atomic mass is 16.2. The van der Waals surface area contributed by atoms with Crippen molar-refractivity contribution in [1.29, 1.82) is 0 Å². The Labute approximate surface area is 150 Å². The van der Waals surface area contributed by atoms with E-state index in [0.717, 1.165) is 96.2 Å². The van der Waals surface area contributed by atoms with Crippen LogP contribution in [0.25, 0.3) is 0 Å². The third-order valence-electron chi connectivity index (χ3n) is 6.75. The molecule has 1 unspecified atom stereocenters. The molecule has 3 atom stereocenters. The number of hydrogen-bond acceptors (Lipinski definition) is 3. The van der Waals surface area contributed by atoms with Crippen LogP contribution in [0, 0.1) is 17.8 Å². The van der Waals surface area contributed by atoms with Gasteiger partial charge in [0.15, 0.2) is 0 Å². The lowest BCUT2D eigenvalue weighted by atomic mass is 9.92. The summed E-state index contributed by atoms with van der Waals surface area (Å²) in [5.74, 6) is 1.80. The molecule has 6 heteroatoms. The van der Waals surface area contributed by atoms with Crippen LogP contribution >= 0.6 is 0 Å². The second-order valence-corrected chi connectivity index (χ2v) is 8.34. The van der Waals surface area contributed by atoms with E-state index in [2.05, 4.69) is 10.2 Å². The van der Waals surface area contributed by atoms with Crippen LogP contribution in [-0.4, -0.2) is 79.0 Å². The average Bonchev–Trinajstić information content (AvgIpc) is 3.30. The maximum absolute atomic E-state index is 13.1. The fraction of sp³-hybridized carbons (Fsp3) is 0.895. The molecule has 140 valence electrons. The summed E-state index contributed by atoms with van der Waals surface area (Å²) < 4.78 is 0. The molecule has 0 aliphatic carbocycles. The Morgan fingerprint density at radius 2 is 1.36 bits per heavy atom. The van der Waals surface area contributed by atoms with Crippen molar-refractivity contribution in [1.82, 2.24) is 20.0 Å². The number of nitrogens with one attached hydrogen (secondary N) is 1. The summed E-state index contributed by atoms with van der Waals surface area (Å²) >= 11 is 0. The Balaban J connectivity index is 1.34.